The predicted molar refractivity (Wildman–Crippen MR) is 88.1 cm³/mol. The first-order valence-electron chi connectivity index (χ1n) is 7.55. The van der Waals surface area contributed by atoms with Crippen LogP contribution in [0.3, 0.4) is 0 Å². The van der Waals surface area contributed by atoms with Crippen LogP contribution in [-0.4, -0.2) is 0 Å². The third-order valence-electron chi connectivity index (χ3n) is 5.06. The van der Waals surface area contributed by atoms with Crippen LogP contribution in [0.15, 0.2) is 36.4 Å². The molecule has 0 nitrogen and oxygen atoms in total. The van der Waals surface area contributed by atoms with Gasteiger partial charge in [-0.3, -0.25) is 0 Å². The minimum Gasteiger partial charge on any atom is -0.0737 e. The van der Waals surface area contributed by atoms with Gasteiger partial charge >= 0.3 is 0 Å². The summed E-state index contributed by atoms with van der Waals surface area (Å²) in [5.41, 5.74) is 8.70. The summed E-state index contributed by atoms with van der Waals surface area (Å²) in [4.78, 5) is 0. The van der Waals surface area contributed by atoms with Crippen molar-refractivity contribution >= 4 is 21.9 Å². The third-order valence-corrected chi connectivity index (χ3v) is 5.06. The molecule has 0 amide bonds. The fraction of sp³-hybridized carbons (Fsp3) is 0.300. The van der Waals surface area contributed by atoms with Gasteiger partial charge in [0.05, 0.1) is 0 Å². The molecule has 0 radical (unpaired) electrons. The Morgan fingerprint density at radius 3 is 1.45 bits per heavy atom. The molecule has 0 saturated heterocycles. The molecule has 100 valence electrons. The second-order valence-corrected chi connectivity index (χ2v) is 6.43. The molecular formula is C20H20. The van der Waals surface area contributed by atoms with E-state index < -0.39 is 0 Å². The summed E-state index contributed by atoms with van der Waals surface area (Å²) >= 11 is 0. The number of hydrogen-bond acceptors (Lipinski definition) is 0. The minimum absolute atomic E-state index is 0.522. The first kappa shape index (κ1) is 12.0. The largest absolute Gasteiger partial charge is 0.0737 e. The molecule has 2 aliphatic carbocycles. The fourth-order valence-electron chi connectivity index (χ4n) is 4.07. The van der Waals surface area contributed by atoms with Gasteiger partial charge in [-0.25, -0.2) is 0 Å². The Morgan fingerprint density at radius 1 is 0.650 bits per heavy atom. The van der Waals surface area contributed by atoms with Crippen molar-refractivity contribution in [2.75, 3.05) is 0 Å². The lowest BCUT2D eigenvalue weighted by Gasteiger charge is -2.28. The first-order valence-corrected chi connectivity index (χ1v) is 7.55. The topological polar surface area (TPSA) is 0 Å². The van der Waals surface area contributed by atoms with Crippen molar-refractivity contribution in [3.63, 3.8) is 0 Å². The van der Waals surface area contributed by atoms with Gasteiger partial charge in [-0.2, -0.15) is 0 Å². The highest BCUT2D eigenvalue weighted by Crippen LogP contribution is 2.46. The Kier molecular flexibility index (Phi) is 2.30. The second kappa shape index (κ2) is 3.85. The Labute approximate surface area is 120 Å². The fourth-order valence-corrected chi connectivity index (χ4v) is 4.07. The molecule has 0 heteroatoms. The van der Waals surface area contributed by atoms with Crippen LogP contribution in [0.4, 0.5) is 0 Å². The molecule has 0 N–H and O–H groups in total. The molecular weight excluding hydrogens is 240 g/mol. The third kappa shape index (κ3) is 1.37. The highest BCUT2D eigenvalue weighted by molar-refractivity contribution is 6.06. The van der Waals surface area contributed by atoms with Crippen molar-refractivity contribution in [2.45, 2.75) is 39.5 Å². The average Bonchev–Trinajstić information content (AvgIpc) is 2.42. The van der Waals surface area contributed by atoms with Crippen LogP contribution in [0.5, 0.6) is 0 Å². The lowest BCUT2D eigenvalue weighted by Crippen LogP contribution is -2.07. The highest BCUT2D eigenvalue weighted by atomic mass is 14.3. The summed E-state index contributed by atoms with van der Waals surface area (Å²) in [5.74, 6) is 1.04. The van der Waals surface area contributed by atoms with Gasteiger partial charge in [0.1, 0.15) is 0 Å². The number of hydrogen-bond donors (Lipinski definition) is 0. The smallest absolute Gasteiger partial charge is 0.000187 e. The van der Waals surface area contributed by atoms with Crippen LogP contribution >= 0.6 is 0 Å². The van der Waals surface area contributed by atoms with Crippen molar-refractivity contribution < 1.29 is 0 Å². The number of allylic oxidation sites excluding steroid dienone is 4. The zero-order chi connectivity index (χ0) is 14.0. The lowest BCUT2D eigenvalue weighted by molar-refractivity contribution is 0.955. The Balaban J connectivity index is 2.24. The van der Waals surface area contributed by atoms with Crippen LogP contribution in [0.25, 0.3) is 21.9 Å². The van der Waals surface area contributed by atoms with E-state index >= 15 is 0 Å². The molecule has 0 aromatic heterocycles. The summed E-state index contributed by atoms with van der Waals surface area (Å²) in [6.07, 6.45) is 4.79. The maximum atomic E-state index is 2.40. The number of benzene rings is 2. The normalized spacial score (nSPS) is 23.6. The van der Waals surface area contributed by atoms with Crippen molar-refractivity contribution in [3.8, 4) is 0 Å². The van der Waals surface area contributed by atoms with Gasteiger partial charge in [-0.1, -0.05) is 50.3 Å². The molecule has 0 aliphatic heterocycles. The van der Waals surface area contributed by atoms with Crippen LogP contribution in [0.2, 0.25) is 0 Å². The van der Waals surface area contributed by atoms with E-state index in [2.05, 4.69) is 64.1 Å². The lowest BCUT2D eigenvalue weighted by atomic mass is 9.76. The van der Waals surface area contributed by atoms with Gasteiger partial charge in [-0.15, -0.1) is 0 Å². The van der Waals surface area contributed by atoms with E-state index in [0.717, 1.165) is 0 Å². The van der Waals surface area contributed by atoms with Crippen molar-refractivity contribution in [1.29, 1.82) is 0 Å². The summed E-state index contributed by atoms with van der Waals surface area (Å²) < 4.78 is 0. The van der Waals surface area contributed by atoms with E-state index in [4.69, 9.17) is 0 Å². The Bertz CT molecular complexity index is 733. The molecule has 2 aromatic rings. The van der Waals surface area contributed by atoms with Gasteiger partial charge in [0.2, 0.25) is 0 Å². The van der Waals surface area contributed by atoms with Gasteiger partial charge in [0.25, 0.3) is 0 Å². The molecule has 0 heterocycles. The summed E-state index contributed by atoms with van der Waals surface area (Å²) in [6, 6.07) is 9.33. The van der Waals surface area contributed by atoms with Crippen molar-refractivity contribution in [3.05, 3.63) is 58.7 Å². The maximum Gasteiger partial charge on any atom is 0.000187 e. The molecule has 0 spiro atoms. The first-order chi connectivity index (χ1) is 9.58. The predicted octanol–water partition coefficient (Wildman–Crippen LogP) is 5.88. The van der Waals surface area contributed by atoms with Crippen LogP contribution in [0.1, 0.15) is 61.8 Å². The van der Waals surface area contributed by atoms with E-state index in [-0.39, 0.29) is 0 Å². The molecule has 4 rings (SSSR count). The zero-order valence-corrected chi connectivity index (χ0v) is 12.6. The highest BCUT2D eigenvalue weighted by Gasteiger charge is 2.24. The quantitative estimate of drug-likeness (QED) is 0.555. The molecule has 2 atom stereocenters. The van der Waals surface area contributed by atoms with E-state index in [1.165, 1.54) is 44.2 Å². The van der Waals surface area contributed by atoms with Crippen molar-refractivity contribution in [2.24, 2.45) is 0 Å². The van der Waals surface area contributed by atoms with Crippen LogP contribution in [0, 0.1) is 0 Å². The van der Waals surface area contributed by atoms with E-state index in [1.54, 1.807) is 0 Å². The Hall–Kier alpha value is -1.82. The summed E-state index contributed by atoms with van der Waals surface area (Å²) in [7, 11) is 0. The molecule has 0 bridgehead atoms. The minimum atomic E-state index is 0.522. The summed E-state index contributed by atoms with van der Waals surface area (Å²) in [6.45, 7) is 9.12. The van der Waals surface area contributed by atoms with E-state index in [0.29, 0.717) is 11.8 Å². The maximum absolute atomic E-state index is 2.40. The molecule has 0 fully saturated rings. The molecule has 2 aliphatic rings. The van der Waals surface area contributed by atoms with Gasteiger partial charge in [-0.05, 0) is 58.0 Å². The van der Waals surface area contributed by atoms with Gasteiger partial charge < -0.3 is 0 Å². The molecule has 2 unspecified atom stereocenters. The van der Waals surface area contributed by atoms with Crippen LogP contribution < -0.4 is 0 Å². The van der Waals surface area contributed by atoms with Crippen molar-refractivity contribution in [1.82, 2.24) is 0 Å². The van der Waals surface area contributed by atoms with Crippen LogP contribution in [-0.2, 0) is 0 Å². The molecule has 2 aromatic carbocycles. The zero-order valence-electron chi connectivity index (χ0n) is 12.6. The second-order valence-electron chi connectivity index (χ2n) is 6.43. The van der Waals surface area contributed by atoms with E-state index in [1.807, 2.05) is 0 Å². The monoisotopic (exact) mass is 260 g/mol. The standard InChI is InChI=1S/C20H20/c1-11-9-12(2)16-7-8-18-14(4)10-13(3)17-6-5-15(11)19(16)20(17)18/h5-11,14H,1-4H3. The molecule has 0 saturated carbocycles. The van der Waals surface area contributed by atoms with Gasteiger partial charge in [0, 0.05) is 11.8 Å². The average molecular weight is 260 g/mol. The van der Waals surface area contributed by atoms with Gasteiger partial charge in [0.15, 0.2) is 0 Å². The number of rotatable bonds is 0. The SMILES string of the molecule is CC1=CC(C)c2ccc3c4c(ccc1c24)C(C)C=C3C. The van der Waals surface area contributed by atoms with E-state index in [9.17, 15) is 0 Å². The summed E-state index contributed by atoms with van der Waals surface area (Å²) in [5, 5.41) is 3.01. The molecule has 20 heavy (non-hydrogen) atoms. The Morgan fingerprint density at radius 2 is 1.05 bits per heavy atom.